The van der Waals surface area contributed by atoms with Crippen LogP contribution >= 0.6 is 0 Å². The summed E-state index contributed by atoms with van der Waals surface area (Å²) in [5, 5.41) is 5.37. The Balaban J connectivity index is 1.85. The van der Waals surface area contributed by atoms with Gasteiger partial charge in [0.1, 0.15) is 22.9 Å². The smallest absolute Gasteiger partial charge is 0.414 e. The summed E-state index contributed by atoms with van der Waals surface area (Å²) in [5.41, 5.74) is 6.43. The number of cyclic esters (lactones) is 1. The molecule has 136 valence electrons. The van der Waals surface area contributed by atoms with Crippen LogP contribution in [0.4, 0.5) is 14.9 Å². The Bertz CT molecular complexity index is 890. The van der Waals surface area contributed by atoms with Gasteiger partial charge >= 0.3 is 6.09 Å². The third-order valence-corrected chi connectivity index (χ3v) is 4.65. The summed E-state index contributed by atoms with van der Waals surface area (Å²) in [6.45, 7) is 0.513. The highest BCUT2D eigenvalue weighted by molar-refractivity contribution is 7.82. The minimum Gasteiger partial charge on any atom is -0.442 e. The van der Waals surface area contributed by atoms with Crippen molar-refractivity contribution in [1.82, 2.24) is 0 Å². The molecule has 1 amide bonds. The molecule has 0 radical (unpaired) electrons. The number of amides is 1. The third-order valence-electron chi connectivity index (χ3n) is 3.93. The Labute approximate surface area is 152 Å². The molecule has 0 bridgehead atoms. The van der Waals surface area contributed by atoms with Crippen molar-refractivity contribution in [2.75, 3.05) is 18.0 Å². The quantitative estimate of drug-likeness (QED) is 0.612. The van der Waals surface area contributed by atoms with Crippen molar-refractivity contribution >= 4 is 29.1 Å². The molecule has 2 unspecified atom stereocenters. The molecule has 9 heteroatoms. The molecule has 2 atom stereocenters. The van der Waals surface area contributed by atoms with Crippen LogP contribution in [0.2, 0.25) is 0 Å². The van der Waals surface area contributed by atoms with Gasteiger partial charge in [-0.1, -0.05) is 12.1 Å². The van der Waals surface area contributed by atoms with Crippen molar-refractivity contribution in [1.29, 1.82) is 0 Å². The third kappa shape index (κ3) is 3.73. The van der Waals surface area contributed by atoms with Gasteiger partial charge in [0, 0.05) is 5.56 Å². The van der Waals surface area contributed by atoms with Crippen molar-refractivity contribution < 1.29 is 18.1 Å². The second-order valence-corrected chi connectivity index (χ2v) is 6.69. The van der Waals surface area contributed by atoms with E-state index in [2.05, 4.69) is 4.99 Å². The lowest BCUT2D eigenvalue weighted by molar-refractivity contribution is 0.145. The maximum absolute atomic E-state index is 14.6. The number of nitrogens with zero attached hydrogens (tertiary/aromatic N) is 2. The Kier molecular flexibility index (Phi) is 5.29. The SMILES string of the molecule is NC=NCC1CN(c2ccc(-c3cccc(S(N)=O)c3)c(F)c2)C(=O)O1. The first-order chi connectivity index (χ1) is 12.5. The van der Waals surface area contributed by atoms with E-state index in [-0.39, 0.29) is 13.1 Å². The van der Waals surface area contributed by atoms with Crippen LogP contribution in [0.5, 0.6) is 0 Å². The van der Waals surface area contributed by atoms with Crippen LogP contribution in [0.15, 0.2) is 52.4 Å². The standard InChI is InChI=1S/C17H17FN4O3S/c18-16-7-12(22-9-13(8-21-10-19)25-17(22)23)4-5-15(16)11-2-1-3-14(6-11)26(20)24/h1-7,10,13H,8-9,20H2,(H2,19,21). The number of halogens is 1. The van der Waals surface area contributed by atoms with Gasteiger partial charge in [-0.2, -0.15) is 0 Å². The molecule has 1 heterocycles. The molecule has 26 heavy (non-hydrogen) atoms. The topological polar surface area (TPSA) is 111 Å². The molecule has 0 aliphatic carbocycles. The zero-order valence-corrected chi connectivity index (χ0v) is 14.5. The predicted molar refractivity (Wildman–Crippen MR) is 97.6 cm³/mol. The molecule has 1 aliphatic heterocycles. The minimum absolute atomic E-state index is 0.252. The first-order valence-electron chi connectivity index (χ1n) is 7.74. The van der Waals surface area contributed by atoms with E-state index in [0.29, 0.717) is 21.7 Å². The van der Waals surface area contributed by atoms with E-state index in [0.717, 1.165) is 6.34 Å². The first kappa shape index (κ1) is 18.0. The van der Waals surface area contributed by atoms with Gasteiger partial charge in [-0.3, -0.25) is 9.89 Å². The number of aliphatic imine (C=N–C) groups is 1. The molecular weight excluding hydrogens is 359 g/mol. The molecule has 2 aromatic rings. The van der Waals surface area contributed by atoms with Gasteiger partial charge in [-0.05, 0) is 35.9 Å². The molecule has 0 aromatic heterocycles. The summed E-state index contributed by atoms with van der Waals surface area (Å²) in [7, 11) is -1.65. The Morgan fingerprint density at radius 3 is 2.85 bits per heavy atom. The van der Waals surface area contributed by atoms with Crippen molar-refractivity contribution in [3.05, 3.63) is 48.3 Å². The zero-order valence-electron chi connectivity index (χ0n) is 13.7. The fourth-order valence-corrected chi connectivity index (χ4v) is 3.16. The number of nitrogens with two attached hydrogens (primary N) is 2. The summed E-state index contributed by atoms with van der Waals surface area (Å²) in [6.07, 6.45) is 0.157. The van der Waals surface area contributed by atoms with Gasteiger partial charge in [0.2, 0.25) is 0 Å². The monoisotopic (exact) mass is 376 g/mol. The van der Waals surface area contributed by atoms with Gasteiger partial charge in [-0.15, -0.1) is 0 Å². The van der Waals surface area contributed by atoms with Gasteiger partial charge in [0.05, 0.1) is 30.0 Å². The van der Waals surface area contributed by atoms with Gasteiger partial charge < -0.3 is 10.5 Å². The van der Waals surface area contributed by atoms with E-state index in [9.17, 15) is 13.4 Å². The van der Waals surface area contributed by atoms with Crippen LogP contribution in [0.3, 0.4) is 0 Å². The molecule has 7 nitrogen and oxygen atoms in total. The minimum atomic E-state index is -1.65. The number of rotatable bonds is 5. The van der Waals surface area contributed by atoms with Crippen LogP contribution < -0.4 is 15.8 Å². The molecule has 2 aromatic carbocycles. The number of hydrogen-bond acceptors (Lipinski definition) is 4. The van der Waals surface area contributed by atoms with Crippen LogP contribution in [-0.4, -0.2) is 35.8 Å². The lowest BCUT2D eigenvalue weighted by Gasteiger charge is -2.14. The number of benzene rings is 2. The summed E-state index contributed by atoms with van der Waals surface area (Å²) >= 11 is 0. The summed E-state index contributed by atoms with van der Waals surface area (Å²) in [6, 6.07) is 11.0. The Hall–Kier alpha value is -2.78. The van der Waals surface area contributed by atoms with Crippen LogP contribution in [0, 0.1) is 5.82 Å². The molecule has 4 N–H and O–H groups in total. The van der Waals surface area contributed by atoms with Crippen LogP contribution in [-0.2, 0) is 15.7 Å². The van der Waals surface area contributed by atoms with E-state index < -0.39 is 29.0 Å². The highest BCUT2D eigenvalue weighted by Gasteiger charge is 2.32. The van der Waals surface area contributed by atoms with E-state index in [1.807, 2.05) is 0 Å². The highest BCUT2D eigenvalue weighted by atomic mass is 32.2. The van der Waals surface area contributed by atoms with Crippen LogP contribution in [0.25, 0.3) is 11.1 Å². The second kappa shape index (κ2) is 7.63. The lowest BCUT2D eigenvalue weighted by Crippen LogP contribution is -2.25. The van der Waals surface area contributed by atoms with Gasteiger partial charge in [0.25, 0.3) is 0 Å². The van der Waals surface area contributed by atoms with E-state index in [1.165, 1.54) is 11.0 Å². The molecular formula is C17H17FN4O3S. The fourth-order valence-electron chi connectivity index (χ4n) is 2.70. The lowest BCUT2D eigenvalue weighted by atomic mass is 10.0. The fraction of sp³-hybridized carbons (Fsp3) is 0.176. The highest BCUT2D eigenvalue weighted by Crippen LogP contribution is 2.29. The first-order valence-corrected chi connectivity index (χ1v) is 8.95. The zero-order chi connectivity index (χ0) is 18.7. The van der Waals surface area contributed by atoms with Crippen LogP contribution in [0.1, 0.15) is 0 Å². The predicted octanol–water partition coefficient (Wildman–Crippen LogP) is 1.79. The maximum Gasteiger partial charge on any atom is 0.414 e. The normalized spacial score (nSPS) is 18.3. The average molecular weight is 376 g/mol. The van der Waals surface area contributed by atoms with E-state index in [4.69, 9.17) is 15.6 Å². The summed E-state index contributed by atoms with van der Waals surface area (Å²) in [4.78, 5) is 17.6. The molecule has 1 fully saturated rings. The number of carbonyl (C=O) groups is 1. The van der Waals surface area contributed by atoms with Gasteiger partial charge in [-0.25, -0.2) is 18.5 Å². The van der Waals surface area contributed by atoms with Crippen molar-refractivity contribution in [2.24, 2.45) is 15.9 Å². The maximum atomic E-state index is 14.6. The molecule has 1 aliphatic rings. The summed E-state index contributed by atoms with van der Waals surface area (Å²) in [5.74, 6) is -0.515. The van der Waals surface area contributed by atoms with E-state index >= 15 is 0 Å². The molecule has 0 spiro atoms. The number of ether oxygens (including phenoxy) is 1. The number of carbonyl (C=O) groups excluding carboxylic acids is 1. The molecule has 1 saturated heterocycles. The van der Waals surface area contributed by atoms with Gasteiger partial charge in [0.15, 0.2) is 0 Å². The number of anilines is 1. The average Bonchev–Trinajstić information content (AvgIpc) is 3.00. The summed E-state index contributed by atoms with van der Waals surface area (Å²) < 4.78 is 31.2. The largest absolute Gasteiger partial charge is 0.442 e. The van der Waals surface area contributed by atoms with Crippen molar-refractivity contribution in [3.63, 3.8) is 0 Å². The second-order valence-electron chi connectivity index (χ2n) is 5.62. The Morgan fingerprint density at radius 1 is 1.35 bits per heavy atom. The number of hydrogen-bond donors (Lipinski definition) is 2. The van der Waals surface area contributed by atoms with Crippen molar-refractivity contribution in [2.45, 2.75) is 11.0 Å². The van der Waals surface area contributed by atoms with E-state index in [1.54, 1.807) is 36.4 Å². The molecule has 0 saturated carbocycles. The molecule has 3 rings (SSSR count). The van der Waals surface area contributed by atoms with Crippen molar-refractivity contribution in [3.8, 4) is 11.1 Å². The Morgan fingerprint density at radius 2 is 2.15 bits per heavy atom.